The Morgan fingerprint density at radius 2 is 1.84 bits per heavy atom. The van der Waals surface area contributed by atoms with Crippen molar-refractivity contribution in [3.63, 3.8) is 0 Å². The molecule has 1 fully saturated rings. The Morgan fingerprint density at radius 3 is 2.32 bits per heavy atom. The molecule has 1 aromatic carbocycles. The van der Waals surface area contributed by atoms with E-state index in [9.17, 15) is 4.39 Å². The molecule has 25 heavy (non-hydrogen) atoms. The topological polar surface area (TPSA) is 20.3 Å². The minimum atomic E-state index is -0.0179. The standard InChI is InChI=1S/C19H30FN.C3H4O/c1-4-5-6-7-15-8-10-16(11-9-15)18-13-12-17(21(2)3)14-19(18)20;1-2-3-4/h12-16H,4-11H2,1-3H3;2-3H,1H2. The molecule has 0 bridgehead atoms. The molecule has 140 valence electrons. The molecule has 1 aromatic rings. The highest BCUT2D eigenvalue weighted by molar-refractivity contribution is 5.63. The van der Waals surface area contributed by atoms with Gasteiger partial charge in [0.15, 0.2) is 0 Å². The summed E-state index contributed by atoms with van der Waals surface area (Å²) < 4.78 is 14.3. The van der Waals surface area contributed by atoms with E-state index in [-0.39, 0.29) is 5.82 Å². The van der Waals surface area contributed by atoms with Crippen molar-refractivity contribution in [3.05, 3.63) is 42.2 Å². The lowest BCUT2D eigenvalue weighted by Crippen LogP contribution is -2.15. The van der Waals surface area contributed by atoms with Gasteiger partial charge in [0.1, 0.15) is 12.1 Å². The molecule has 0 aliphatic heterocycles. The van der Waals surface area contributed by atoms with E-state index in [1.165, 1.54) is 44.6 Å². The number of halogens is 1. The van der Waals surface area contributed by atoms with Crippen LogP contribution in [0.15, 0.2) is 30.9 Å². The van der Waals surface area contributed by atoms with E-state index >= 15 is 0 Å². The zero-order valence-electron chi connectivity index (χ0n) is 16.1. The predicted molar refractivity (Wildman–Crippen MR) is 106 cm³/mol. The monoisotopic (exact) mass is 347 g/mol. The number of benzene rings is 1. The SMILES string of the molecule is C=CC=O.CCCCCC1CCC(c2ccc(N(C)C)cc2F)CC1. The van der Waals surface area contributed by atoms with Crippen LogP contribution < -0.4 is 4.90 Å². The summed E-state index contributed by atoms with van der Waals surface area (Å²) in [7, 11) is 3.91. The Labute approximate surface area is 153 Å². The molecule has 1 aliphatic carbocycles. The number of nitrogens with zero attached hydrogens (tertiary/aromatic N) is 1. The average molecular weight is 348 g/mol. The molecule has 1 aliphatic rings. The Bertz CT molecular complexity index is 513. The molecule has 2 nitrogen and oxygen atoms in total. The largest absolute Gasteiger partial charge is 0.378 e. The number of rotatable bonds is 7. The number of hydrogen-bond acceptors (Lipinski definition) is 2. The summed E-state index contributed by atoms with van der Waals surface area (Å²) in [5.41, 5.74) is 1.89. The number of anilines is 1. The van der Waals surface area contributed by atoms with E-state index < -0.39 is 0 Å². The number of aldehydes is 1. The fraction of sp³-hybridized carbons (Fsp3) is 0.591. The summed E-state index contributed by atoms with van der Waals surface area (Å²) in [6.45, 7) is 5.37. The summed E-state index contributed by atoms with van der Waals surface area (Å²) in [4.78, 5) is 11.0. The molecule has 0 amide bonds. The van der Waals surface area contributed by atoms with Crippen LogP contribution in [0.25, 0.3) is 0 Å². The van der Waals surface area contributed by atoms with Crippen LogP contribution in [0.1, 0.15) is 69.8 Å². The van der Waals surface area contributed by atoms with Crippen molar-refractivity contribution in [2.24, 2.45) is 5.92 Å². The molecule has 1 saturated carbocycles. The minimum Gasteiger partial charge on any atom is -0.378 e. The quantitative estimate of drug-likeness (QED) is 0.336. The van der Waals surface area contributed by atoms with Gasteiger partial charge in [0, 0.05) is 19.8 Å². The van der Waals surface area contributed by atoms with Crippen molar-refractivity contribution < 1.29 is 9.18 Å². The molecule has 0 spiro atoms. The summed E-state index contributed by atoms with van der Waals surface area (Å²) in [5, 5.41) is 0. The highest BCUT2D eigenvalue weighted by atomic mass is 19.1. The molecule has 2 rings (SSSR count). The van der Waals surface area contributed by atoms with Crippen LogP contribution in [-0.2, 0) is 4.79 Å². The smallest absolute Gasteiger partial charge is 0.142 e. The number of carbonyl (C=O) groups is 1. The van der Waals surface area contributed by atoms with Gasteiger partial charge < -0.3 is 4.90 Å². The van der Waals surface area contributed by atoms with Gasteiger partial charge >= 0.3 is 0 Å². The van der Waals surface area contributed by atoms with E-state index in [0.717, 1.165) is 30.0 Å². The molecule has 0 saturated heterocycles. The maximum atomic E-state index is 14.3. The van der Waals surface area contributed by atoms with Crippen LogP contribution in [0.2, 0.25) is 0 Å². The Hall–Kier alpha value is -1.64. The Kier molecular flexibility index (Phi) is 10.1. The van der Waals surface area contributed by atoms with E-state index in [2.05, 4.69) is 13.5 Å². The minimum absolute atomic E-state index is 0.0179. The molecule has 0 radical (unpaired) electrons. The molecular weight excluding hydrogens is 313 g/mol. The third-order valence-corrected chi connectivity index (χ3v) is 5.10. The van der Waals surface area contributed by atoms with Gasteiger partial charge in [-0.25, -0.2) is 4.39 Å². The zero-order valence-corrected chi connectivity index (χ0v) is 16.1. The van der Waals surface area contributed by atoms with Gasteiger partial charge in [-0.1, -0.05) is 45.3 Å². The molecule has 0 N–H and O–H groups in total. The van der Waals surface area contributed by atoms with Gasteiger partial charge in [-0.2, -0.15) is 0 Å². The zero-order chi connectivity index (χ0) is 18.7. The van der Waals surface area contributed by atoms with E-state index in [0.29, 0.717) is 12.2 Å². The van der Waals surface area contributed by atoms with E-state index in [1.807, 2.05) is 31.1 Å². The fourth-order valence-corrected chi connectivity index (χ4v) is 3.57. The van der Waals surface area contributed by atoms with Crippen molar-refractivity contribution in [1.29, 1.82) is 0 Å². The van der Waals surface area contributed by atoms with Gasteiger partial charge in [0.05, 0.1) is 0 Å². The van der Waals surface area contributed by atoms with Gasteiger partial charge in [0.25, 0.3) is 0 Å². The van der Waals surface area contributed by atoms with Crippen LogP contribution in [0, 0.1) is 11.7 Å². The van der Waals surface area contributed by atoms with Crippen molar-refractivity contribution in [1.82, 2.24) is 0 Å². The summed E-state index contributed by atoms with van der Waals surface area (Å²) in [5.74, 6) is 1.30. The first kappa shape index (κ1) is 21.4. The average Bonchev–Trinajstić information content (AvgIpc) is 2.63. The number of hydrogen-bond donors (Lipinski definition) is 0. The van der Waals surface area contributed by atoms with Crippen LogP contribution in [0.4, 0.5) is 10.1 Å². The van der Waals surface area contributed by atoms with Crippen LogP contribution in [0.3, 0.4) is 0 Å². The third-order valence-electron chi connectivity index (χ3n) is 5.10. The van der Waals surface area contributed by atoms with Gasteiger partial charge in [-0.15, -0.1) is 0 Å². The summed E-state index contributed by atoms with van der Waals surface area (Å²) >= 11 is 0. The van der Waals surface area contributed by atoms with Crippen LogP contribution in [0.5, 0.6) is 0 Å². The lowest BCUT2D eigenvalue weighted by Gasteiger charge is -2.29. The normalized spacial score (nSPS) is 19.5. The Morgan fingerprint density at radius 1 is 1.20 bits per heavy atom. The van der Waals surface area contributed by atoms with Crippen molar-refractivity contribution in [3.8, 4) is 0 Å². The number of allylic oxidation sites excluding steroid dienone is 1. The molecule has 0 unspecified atom stereocenters. The first-order valence-corrected chi connectivity index (χ1v) is 9.56. The van der Waals surface area contributed by atoms with Crippen LogP contribution >= 0.6 is 0 Å². The maximum Gasteiger partial charge on any atom is 0.142 e. The predicted octanol–water partition coefficient (Wildman–Crippen LogP) is 6.12. The first-order chi connectivity index (χ1) is 12.0. The first-order valence-electron chi connectivity index (χ1n) is 9.56. The van der Waals surface area contributed by atoms with Crippen molar-refractivity contribution >= 4 is 12.0 Å². The summed E-state index contributed by atoms with van der Waals surface area (Å²) in [6, 6.07) is 5.74. The molecule has 0 atom stereocenters. The lowest BCUT2D eigenvalue weighted by atomic mass is 9.77. The van der Waals surface area contributed by atoms with Crippen molar-refractivity contribution in [2.45, 2.75) is 64.2 Å². The Balaban J connectivity index is 0.000000705. The van der Waals surface area contributed by atoms with Gasteiger partial charge in [-0.05, 0) is 61.3 Å². The van der Waals surface area contributed by atoms with Crippen molar-refractivity contribution in [2.75, 3.05) is 19.0 Å². The lowest BCUT2D eigenvalue weighted by molar-refractivity contribution is -0.104. The highest BCUT2D eigenvalue weighted by Gasteiger charge is 2.24. The second-order valence-corrected chi connectivity index (χ2v) is 7.19. The van der Waals surface area contributed by atoms with Crippen LogP contribution in [-0.4, -0.2) is 20.4 Å². The maximum absolute atomic E-state index is 14.3. The van der Waals surface area contributed by atoms with Gasteiger partial charge in [0.2, 0.25) is 0 Å². The number of unbranched alkanes of at least 4 members (excludes halogenated alkanes) is 2. The fourth-order valence-electron chi connectivity index (χ4n) is 3.57. The van der Waals surface area contributed by atoms with Gasteiger partial charge in [-0.3, -0.25) is 4.79 Å². The number of carbonyl (C=O) groups excluding carboxylic acids is 1. The van der Waals surface area contributed by atoms with E-state index in [4.69, 9.17) is 4.79 Å². The van der Waals surface area contributed by atoms with E-state index in [1.54, 1.807) is 6.07 Å². The highest BCUT2D eigenvalue weighted by Crippen LogP contribution is 2.39. The second kappa shape index (κ2) is 11.8. The molecule has 3 heteroatoms. The molecule has 0 aromatic heterocycles. The molecule has 0 heterocycles. The molecular formula is C22H34FNO. The summed E-state index contributed by atoms with van der Waals surface area (Å²) in [6.07, 6.45) is 12.1. The third kappa shape index (κ3) is 7.41. The second-order valence-electron chi connectivity index (χ2n) is 7.19.